The normalized spacial score (nSPS) is 11.8. The molecule has 2 nitrogen and oxygen atoms in total. The summed E-state index contributed by atoms with van der Waals surface area (Å²) in [4.78, 5) is 0. The third-order valence-corrected chi connectivity index (χ3v) is 1.71. The monoisotopic (exact) mass is 192 g/mol. The first-order chi connectivity index (χ1) is 6.68. The van der Waals surface area contributed by atoms with Crippen LogP contribution in [0.4, 0.5) is 0 Å². The molecule has 0 atom stereocenters. The van der Waals surface area contributed by atoms with E-state index in [1.807, 2.05) is 44.2 Å². The van der Waals surface area contributed by atoms with E-state index in [0.29, 0.717) is 12.5 Å². The molecule has 0 aromatic heterocycles. The Bertz CT molecular complexity index is 288. The molecule has 0 unspecified atom stereocenters. The van der Waals surface area contributed by atoms with Crippen LogP contribution in [-0.4, -0.2) is 5.11 Å². The summed E-state index contributed by atoms with van der Waals surface area (Å²) in [5.74, 6) is 0.301. The lowest BCUT2D eigenvalue weighted by Gasteiger charge is -2.05. The SMILES string of the molecule is CC(C)/C=C(\O)OCc1ccccc1. The van der Waals surface area contributed by atoms with Crippen molar-refractivity contribution in [3.63, 3.8) is 0 Å². The van der Waals surface area contributed by atoms with Crippen LogP contribution in [0.5, 0.6) is 0 Å². The maximum atomic E-state index is 9.32. The molecule has 0 saturated heterocycles. The number of rotatable bonds is 4. The van der Waals surface area contributed by atoms with Crippen molar-refractivity contribution in [3.05, 3.63) is 47.9 Å². The lowest BCUT2D eigenvalue weighted by Crippen LogP contribution is -1.94. The molecule has 0 bridgehead atoms. The Kier molecular flexibility index (Phi) is 4.05. The average Bonchev–Trinajstić information content (AvgIpc) is 2.15. The topological polar surface area (TPSA) is 29.5 Å². The van der Waals surface area contributed by atoms with Gasteiger partial charge in [0.1, 0.15) is 6.61 Å². The molecular weight excluding hydrogens is 176 g/mol. The minimum absolute atomic E-state index is 0.00357. The highest BCUT2D eigenvalue weighted by molar-refractivity contribution is 5.13. The van der Waals surface area contributed by atoms with E-state index in [4.69, 9.17) is 4.74 Å². The van der Waals surface area contributed by atoms with Gasteiger partial charge in [-0.3, -0.25) is 0 Å². The van der Waals surface area contributed by atoms with Crippen molar-refractivity contribution < 1.29 is 9.84 Å². The van der Waals surface area contributed by atoms with Gasteiger partial charge >= 0.3 is 0 Å². The summed E-state index contributed by atoms with van der Waals surface area (Å²) in [6.07, 6.45) is 1.68. The first-order valence-corrected chi connectivity index (χ1v) is 4.76. The van der Waals surface area contributed by atoms with E-state index in [-0.39, 0.29) is 5.95 Å². The Morgan fingerprint density at radius 1 is 1.36 bits per heavy atom. The minimum Gasteiger partial charge on any atom is -0.481 e. The van der Waals surface area contributed by atoms with Gasteiger partial charge in [0.05, 0.1) is 0 Å². The summed E-state index contributed by atoms with van der Waals surface area (Å²) in [7, 11) is 0. The standard InChI is InChI=1S/C12H16O2/c1-10(2)8-12(13)14-9-11-6-4-3-5-7-11/h3-8,10,13H,9H2,1-2H3/b12-8+. The van der Waals surface area contributed by atoms with E-state index in [9.17, 15) is 5.11 Å². The van der Waals surface area contributed by atoms with Crippen LogP contribution in [0.3, 0.4) is 0 Å². The van der Waals surface area contributed by atoms with E-state index in [1.54, 1.807) is 6.08 Å². The molecule has 0 aliphatic carbocycles. The number of allylic oxidation sites excluding steroid dienone is 1. The Hall–Kier alpha value is -1.44. The van der Waals surface area contributed by atoms with Gasteiger partial charge in [-0.15, -0.1) is 0 Å². The maximum Gasteiger partial charge on any atom is 0.272 e. The Labute approximate surface area is 84.8 Å². The third kappa shape index (κ3) is 3.99. The van der Waals surface area contributed by atoms with Gasteiger partial charge in [-0.2, -0.15) is 0 Å². The van der Waals surface area contributed by atoms with Crippen LogP contribution in [0, 0.1) is 5.92 Å². The third-order valence-electron chi connectivity index (χ3n) is 1.71. The van der Waals surface area contributed by atoms with E-state index in [0.717, 1.165) is 5.56 Å². The Balaban J connectivity index is 2.42. The summed E-state index contributed by atoms with van der Waals surface area (Å²) in [6.45, 7) is 4.39. The zero-order valence-electron chi connectivity index (χ0n) is 8.60. The highest BCUT2D eigenvalue weighted by atomic mass is 16.6. The van der Waals surface area contributed by atoms with Gasteiger partial charge in [-0.1, -0.05) is 44.2 Å². The molecule has 1 aromatic rings. The Morgan fingerprint density at radius 3 is 2.57 bits per heavy atom. The van der Waals surface area contributed by atoms with Gasteiger partial charge in [-0.25, -0.2) is 0 Å². The number of ether oxygens (including phenoxy) is 1. The smallest absolute Gasteiger partial charge is 0.272 e. The number of aliphatic hydroxyl groups is 1. The van der Waals surface area contributed by atoms with Crippen molar-refractivity contribution >= 4 is 0 Å². The van der Waals surface area contributed by atoms with Crippen LogP contribution in [0.1, 0.15) is 19.4 Å². The molecule has 0 spiro atoms. The molecule has 76 valence electrons. The largest absolute Gasteiger partial charge is 0.481 e. The highest BCUT2D eigenvalue weighted by Crippen LogP contribution is 2.06. The minimum atomic E-state index is 0.00357. The first-order valence-electron chi connectivity index (χ1n) is 4.76. The maximum absolute atomic E-state index is 9.32. The fraction of sp³-hybridized carbons (Fsp3) is 0.333. The van der Waals surface area contributed by atoms with Gasteiger partial charge in [0.15, 0.2) is 0 Å². The molecule has 2 heteroatoms. The van der Waals surface area contributed by atoms with Gasteiger partial charge in [0.2, 0.25) is 0 Å². The fourth-order valence-corrected chi connectivity index (χ4v) is 1.06. The van der Waals surface area contributed by atoms with Crippen LogP contribution in [0.2, 0.25) is 0 Å². The summed E-state index contributed by atoms with van der Waals surface area (Å²) in [6, 6.07) is 9.77. The fourth-order valence-electron chi connectivity index (χ4n) is 1.06. The van der Waals surface area contributed by atoms with Crippen LogP contribution in [0.15, 0.2) is 42.4 Å². The zero-order valence-corrected chi connectivity index (χ0v) is 8.60. The van der Waals surface area contributed by atoms with E-state index in [1.165, 1.54) is 0 Å². The van der Waals surface area contributed by atoms with Crippen molar-refractivity contribution in [2.24, 2.45) is 5.92 Å². The lowest BCUT2D eigenvalue weighted by molar-refractivity contribution is 0.0803. The molecule has 14 heavy (non-hydrogen) atoms. The molecular formula is C12H16O2. The quantitative estimate of drug-likeness (QED) is 0.742. The lowest BCUT2D eigenvalue weighted by atomic mass is 10.2. The number of hydrogen-bond acceptors (Lipinski definition) is 2. The highest BCUT2D eigenvalue weighted by Gasteiger charge is 1.97. The molecule has 0 aliphatic heterocycles. The van der Waals surface area contributed by atoms with E-state index < -0.39 is 0 Å². The molecule has 0 fully saturated rings. The van der Waals surface area contributed by atoms with Crippen LogP contribution >= 0.6 is 0 Å². The second kappa shape index (κ2) is 5.32. The predicted octanol–water partition coefficient (Wildman–Crippen LogP) is 3.26. The molecule has 1 N–H and O–H groups in total. The average molecular weight is 192 g/mol. The van der Waals surface area contributed by atoms with Crippen LogP contribution in [0.25, 0.3) is 0 Å². The Morgan fingerprint density at radius 2 is 2.00 bits per heavy atom. The summed E-state index contributed by atoms with van der Waals surface area (Å²) in [5.41, 5.74) is 1.05. The van der Waals surface area contributed by atoms with Crippen molar-refractivity contribution in [1.82, 2.24) is 0 Å². The molecule has 1 rings (SSSR count). The van der Waals surface area contributed by atoms with E-state index >= 15 is 0 Å². The number of aliphatic hydroxyl groups excluding tert-OH is 1. The zero-order chi connectivity index (χ0) is 10.4. The van der Waals surface area contributed by atoms with Crippen molar-refractivity contribution in [3.8, 4) is 0 Å². The molecule has 0 aliphatic rings. The second-order valence-electron chi connectivity index (χ2n) is 3.52. The predicted molar refractivity (Wildman–Crippen MR) is 56.8 cm³/mol. The summed E-state index contributed by atoms with van der Waals surface area (Å²) >= 11 is 0. The molecule has 0 heterocycles. The van der Waals surface area contributed by atoms with Crippen molar-refractivity contribution in [2.75, 3.05) is 0 Å². The van der Waals surface area contributed by atoms with Gasteiger partial charge in [-0.05, 0) is 17.6 Å². The molecule has 0 radical (unpaired) electrons. The van der Waals surface area contributed by atoms with Gasteiger partial charge < -0.3 is 9.84 Å². The van der Waals surface area contributed by atoms with Gasteiger partial charge in [0, 0.05) is 0 Å². The number of hydrogen-bond donors (Lipinski definition) is 1. The summed E-state index contributed by atoms with van der Waals surface area (Å²) < 4.78 is 5.16. The molecule has 1 aromatic carbocycles. The summed E-state index contributed by atoms with van der Waals surface area (Å²) in [5, 5.41) is 9.32. The molecule has 0 saturated carbocycles. The van der Waals surface area contributed by atoms with Crippen molar-refractivity contribution in [1.29, 1.82) is 0 Å². The van der Waals surface area contributed by atoms with Crippen LogP contribution in [-0.2, 0) is 11.3 Å². The second-order valence-corrected chi connectivity index (χ2v) is 3.52. The molecule has 0 amide bonds. The number of benzene rings is 1. The van der Waals surface area contributed by atoms with Gasteiger partial charge in [0.25, 0.3) is 5.95 Å². The first kappa shape index (κ1) is 10.6. The van der Waals surface area contributed by atoms with Crippen molar-refractivity contribution in [2.45, 2.75) is 20.5 Å². The van der Waals surface area contributed by atoms with E-state index in [2.05, 4.69) is 0 Å². The van der Waals surface area contributed by atoms with Crippen LogP contribution < -0.4 is 0 Å².